The summed E-state index contributed by atoms with van der Waals surface area (Å²) >= 11 is 0. The summed E-state index contributed by atoms with van der Waals surface area (Å²) in [5.41, 5.74) is 1.01. The van der Waals surface area contributed by atoms with Gasteiger partial charge in [-0.2, -0.15) is 0 Å². The van der Waals surface area contributed by atoms with Crippen LogP contribution in [0.4, 0.5) is 0 Å². The SMILES string of the molecule is CC(C)CCCCCc1ccccc1OC1O[C@H](CO)[C@@H](O)[C@H](O)[C@H]1O. The highest BCUT2D eigenvalue weighted by Crippen LogP contribution is 2.27. The average molecular weight is 368 g/mol. The molecular formula is C20H32O6. The summed E-state index contributed by atoms with van der Waals surface area (Å²) in [6.07, 6.45) is -0.863. The number of aryl methyl sites for hydroxylation is 1. The number of para-hydroxylation sites is 1. The summed E-state index contributed by atoms with van der Waals surface area (Å²) in [4.78, 5) is 0. The molecule has 0 saturated carbocycles. The molecule has 1 saturated heterocycles. The quantitative estimate of drug-likeness (QED) is 0.495. The van der Waals surface area contributed by atoms with Crippen LogP contribution in [-0.4, -0.2) is 57.7 Å². The van der Waals surface area contributed by atoms with E-state index in [4.69, 9.17) is 9.47 Å². The fourth-order valence-corrected chi connectivity index (χ4v) is 3.16. The summed E-state index contributed by atoms with van der Waals surface area (Å²) in [7, 11) is 0. The maximum Gasteiger partial charge on any atom is 0.229 e. The van der Waals surface area contributed by atoms with Crippen molar-refractivity contribution in [2.75, 3.05) is 6.61 Å². The first kappa shape index (κ1) is 21.1. The van der Waals surface area contributed by atoms with Gasteiger partial charge in [0.05, 0.1) is 6.61 Å². The number of rotatable bonds is 9. The first-order chi connectivity index (χ1) is 12.4. The van der Waals surface area contributed by atoms with Crippen LogP contribution in [0, 0.1) is 5.92 Å². The highest BCUT2D eigenvalue weighted by Gasteiger charge is 2.44. The molecule has 1 unspecified atom stereocenters. The first-order valence-electron chi connectivity index (χ1n) is 9.49. The van der Waals surface area contributed by atoms with Crippen molar-refractivity contribution in [2.45, 2.75) is 76.7 Å². The molecule has 1 aliphatic rings. The molecule has 6 heteroatoms. The molecule has 0 bridgehead atoms. The molecule has 148 valence electrons. The van der Waals surface area contributed by atoms with Gasteiger partial charge < -0.3 is 29.9 Å². The molecule has 26 heavy (non-hydrogen) atoms. The lowest BCUT2D eigenvalue weighted by atomic mass is 9.99. The molecule has 0 spiro atoms. The Morgan fingerprint density at radius 3 is 2.42 bits per heavy atom. The van der Waals surface area contributed by atoms with E-state index in [0.29, 0.717) is 5.75 Å². The fraction of sp³-hybridized carbons (Fsp3) is 0.700. The van der Waals surface area contributed by atoms with Crippen molar-refractivity contribution in [3.63, 3.8) is 0 Å². The Bertz CT molecular complexity index is 533. The van der Waals surface area contributed by atoms with Crippen LogP contribution in [0.1, 0.15) is 45.1 Å². The number of hydrogen-bond donors (Lipinski definition) is 4. The van der Waals surface area contributed by atoms with Crippen LogP contribution >= 0.6 is 0 Å². The van der Waals surface area contributed by atoms with E-state index in [2.05, 4.69) is 13.8 Å². The zero-order chi connectivity index (χ0) is 19.1. The number of aliphatic hydroxyl groups is 4. The van der Waals surface area contributed by atoms with Crippen LogP contribution in [-0.2, 0) is 11.2 Å². The van der Waals surface area contributed by atoms with Crippen LogP contribution in [0.25, 0.3) is 0 Å². The summed E-state index contributed by atoms with van der Waals surface area (Å²) in [5, 5.41) is 39.1. The summed E-state index contributed by atoms with van der Waals surface area (Å²) < 4.78 is 11.2. The topological polar surface area (TPSA) is 99.4 Å². The maximum atomic E-state index is 10.1. The minimum absolute atomic E-state index is 0.470. The summed E-state index contributed by atoms with van der Waals surface area (Å²) in [6, 6.07) is 7.54. The molecule has 1 fully saturated rings. The second-order valence-corrected chi connectivity index (χ2v) is 7.42. The first-order valence-corrected chi connectivity index (χ1v) is 9.49. The van der Waals surface area contributed by atoms with Gasteiger partial charge in [-0.05, 0) is 30.4 Å². The predicted octanol–water partition coefficient (Wildman–Crippen LogP) is 1.62. The van der Waals surface area contributed by atoms with Crippen LogP contribution in [0.3, 0.4) is 0 Å². The molecule has 1 aliphatic heterocycles. The third kappa shape index (κ3) is 5.66. The third-order valence-electron chi connectivity index (χ3n) is 4.79. The van der Waals surface area contributed by atoms with Crippen molar-refractivity contribution < 1.29 is 29.9 Å². The van der Waals surface area contributed by atoms with E-state index in [1.165, 1.54) is 12.8 Å². The number of ether oxygens (including phenoxy) is 2. The van der Waals surface area contributed by atoms with Gasteiger partial charge in [-0.25, -0.2) is 0 Å². The Morgan fingerprint density at radius 1 is 1.00 bits per heavy atom. The molecule has 2 rings (SSSR count). The van der Waals surface area contributed by atoms with E-state index in [9.17, 15) is 20.4 Å². The van der Waals surface area contributed by atoms with Crippen LogP contribution in [0.5, 0.6) is 5.75 Å². The van der Waals surface area contributed by atoms with Gasteiger partial charge in [0, 0.05) is 0 Å². The van der Waals surface area contributed by atoms with Crippen LogP contribution < -0.4 is 4.74 Å². The van der Waals surface area contributed by atoms with Crippen molar-refractivity contribution in [1.82, 2.24) is 0 Å². The smallest absolute Gasteiger partial charge is 0.229 e. The molecule has 5 atom stereocenters. The minimum Gasteiger partial charge on any atom is -0.462 e. The van der Waals surface area contributed by atoms with E-state index < -0.39 is 37.3 Å². The number of hydrogen-bond acceptors (Lipinski definition) is 6. The molecular weight excluding hydrogens is 336 g/mol. The number of unbranched alkanes of at least 4 members (excludes halogenated alkanes) is 2. The van der Waals surface area contributed by atoms with E-state index in [1.807, 2.05) is 18.2 Å². The van der Waals surface area contributed by atoms with E-state index in [-0.39, 0.29) is 0 Å². The van der Waals surface area contributed by atoms with Gasteiger partial charge in [-0.1, -0.05) is 51.3 Å². The maximum absolute atomic E-state index is 10.1. The summed E-state index contributed by atoms with van der Waals surface area (Å²) in [6.45, 7) is 3.98. The molecule has 0 aliphatic carbocycles. The zero-order valence-electron chi connectivity index (χ0n) is 15.6. The Morgan fingerprint density at radius 2 is 1.73 bits per heavy atom. The van der Waals surface area contributed by atoms with Crippen molar-refractivity contribution in [2.24, 2.45) is 5.92 Å². The Labute approximate surface area is 155 Å². The van der Waals surface area contributed by atoms with E-state index in [0.717, 1.165) is 30.7 Å². The van der Waals surface area contributed by atoms with Crippen LogP contribution in [0.15, 0.2) is 24.3 Å². The van der Waals surface area contributed by atoms with Gasteiger partial charge in [-0.3, -0.25) is 0 Å². The molecule has 0 aromatic heterocycles. The Hall–Kier alpha value is -1.18. The van der Waals surface area contributed by atoms with Crippen LogP contribution in [0.2, 0.25) is 0 Å². The van der Waals surface area contributed by atoms with E-state index in [1.54, 1.807) is 6.07 Å². The molecule has 1 aromatic carbocycles. The predicted molar refractivity (Wildman–Crippen MR) is 97.8 cm³/mol. The van der Waals surface area contributed by atoms with Gasteiger partial charge in [0.2, 0.25) is 6.29 Å². The van der Waals surface area contributed by atoms with Crippen molar-refractivity contribution >= 4 is 0 Å². The van der Waals surface area contributed by atoms with Gasteiger partial charge in [0.25, 0.3) is 0 Å². The molecule has 1 aromatic rings. The number of aliphatic hydroxyl groups excluding tert-OH is 4. The lowest BCUT2D eigenvalue weighted by Crippen LogP contribution is -2.60. The van der Waals surface area contributed by atoms with Gasteiger partial charge in [-0.15, -0.1) is 0 Å². The normalized spacial score (nSPS) is 29.1. The van der Waals surface area contributed by atoms with Crippen molar-refractivity contribution in [3.8, 4) is 5.75 Å². The van der Waals surface area contributed by atoms with Gasteiger partial charge in [0.1, 0.15) is 30.2 Å². The number of benzene rings is 1. The third-order valence-corrected chi connectivity index (χ3v) is 4.79. The van der Waals surface area contributed by atoms with Crippen molar-refractivity contribution in [1.29, 1.82) is 0 Å². The lowest BCUT2D eigenvalue weighted by Gasteiger charge is -2.39. The second-order valence-electron chi connectivity index (χ2n) is 7.42. The van der Waals surface area contributed by atoms with Gasteiger partial charge in [0.15, 0.2) is 0 Å². The molecule has 4 N–H and O–H groups in total. The minimum atomic E-state index is -1.44. The second kappa shape index (κ2) is 10.2. The molecule has 1 heterocycles. The molecule has 0 radical (unpaired) electrons. The van der Waals surface area contributed by atoms with Gasteiger partial charge >= 0.3 is 0 Å². The Balaban J connectivity index is 1.96. The highest BCUT2D eigenvalue weighted by molar-refractivity contribution is 5.33. The summed E-state index contributed by atoms with van der Waals surface area (Å²) in [5.74, 6) is 1.30. The zero-order valence-corrected chi connectivity index (χ0v) is 15.6. The monoisotopic (exact) mass is 368 g/mol. The molecule has 0 amide bonds. The lowest BCUT2D eigenvalue weighted by molar-refractivity contribution is -0.277. The highest BCUT2D eigenvalue weighted by atomic mass is 16.7. The van der Waals surface area contributed by atoms with E-state index >= 15 is 0 Å². The average Bonchev–Trinajstić information content (AvgIpc) is 2.62. The molecule has 6 nitrogen and oxygen atoms in total. The Kier molecular flexibility index (Phi) is 8.31. The van der Waals surface area contributed by atoms with Crippen molar-refractivity contribution in [3.05, 3.63) is 29.8 Å². The fourth-order valence-electron chi connectivity index (χ4n) is 3.16. The largest absolute Gasteiger partial charge is 0.462 e. The standard InChI is InChI=1S/C20H32O6/c1-13(2)8-4-3-5-9-14-10-6-7-11-15(14)25-20-19(24)18(23)17(22)16(12-21)26-20/h6-7,10-11,13,16-24H,3-5,8-9,12H2,1-2H3/t16-,17-,18+,19-,20?/m1/s1.